The fraction of sp³-hybridized carbons (Fsp3) is 0.533. The minimum Gasteiger partial charge on any atom is -0.351 e. The summed E-state index contributed by atoms with van der Waals surface area (Å²) in [7, 11) is 0. The van der Waals surface area contributed by atoms with Crippen molar-refractivity contribution in [3.05, 3.63) is 35.0 Å². The number of H-pyrrole nitrogens is 1. The third-order valence-corrected chi connectivity index (χ3v) is 3.75. The number of carbonyl (C=O) groups excluding carboxylic acids is 1. The van der Waals surface area contributed by atoms with Gasteiger partial charge in [-0.2, -0.15) is 5.10 Å². The number of nitrogens with zero attached hydrogens (tertiary/aromatic N) is 2. The third kappa shape index (κ3) is 3.15. The molecule has 1 amide bonds. The molecular formula is C15H20N4O2. The van der Waals surface area contributed by atoms with Crippen LogP contribution in [-0.2, 0) is 19.3 Å². The van der Waals surface area contributed by atoms with Crippen molar-refractivity contribution in [1.82, 2.24) is 20.7 Å². The van der Waals surface area contributed by atoms with Crippen LogP contribution in [0.15, 0.2) is 16.8 Å². The van der Waals surface area contributed by atoms with Crippen LogP contribution >= 0.6 is 0 Å². The van der Waals surface area contributed by atoms with Crippen LogP contribution in [0.1, 0.15) is 47.8 Å². The van der Waals surface area contributed by atoms with Gasteiger partial charge in [-0.05, 0) is 37.2 Å². The van der Waals surface area contributed by atoms with Crippen LogP contribution in [0.3, 0.4) is 0 Å². The number of aromatic nitrogens is 3. The summed E-state index contributed by atoms with van der Waals surface area (Å²) < 4.78 is 5.14. The van der Waals surface area contributed by atoms with Gasteiger partial charge in [-0.25, -0.2) is 0 Å². The van der Waals surface area contributed by atoms with Gasteiger partial charge < -0.3 is 9.84 Å². The lowest BCUT2D eigenvalue weighted by Gasteiger charge is -2.22. The first-order chi connectivity index (χ1) is 10.1. The molecule has 0 radical (unpaired) electrons. The number of nitrogens with one attached hydrogen (secondary N) is 2. The van der Waals surface area contributed by atoms with Crippen molar-refractivity contribution in [2.45, 2.75) is 45.6 Å². The first-order valence-electron chi connectivity index (χ1n) is 7.39. The van der Waals surface area contributed by atoms with E-state index < -0.39 is 0 Å². The molecule has 1 aliphatic carbocycles. The molecule has 2 N–H and O–H groups in total. The minimum atomic E-state index is -0.186. The summed E-state index contributed by atoms with van der Waals surface area (Å²) >= 11 is 0. The molecule has 0 saturated carbocycles. The Kier molecular flexibility index (Phi) is 3.77. The van der Waals surface area contributed by atoms with Crippen molar-refractivity contribution in [2.75, 3.05) is 0 Å². The van der Waals surface area contributed by atoms with E-state index in [0.717, 1.165) is 31.4 Å². The van der Waals surface area contributed by atoms with Crippen LogP contribution in [0.2, 0.25) is 0 Å². The predicted molar refractivity (Wildman–Crippen MR) is 76.9 cm³/mol. The molecule has 2 aromatic rings. The van der Waals surface area contributed by atoms with E-state index in [2.05, 4.69) is 34.5 Å². The SMILES string of the molecule is CC(C)Cc1cc(C(=O)N[C@H]2CCc3[nH]ncc3C2)on1. The zero-order valence-electron chi connectivity index (χ0n) is 12.3. The van der Waals surface area contributed by atoms with Crippen molar-refractivity contribution in [1.29, 1.82) is 0 Å². The van der Waals surface area contributed by atoms with Crippen LogP contribution in [0, 0.1) is 5.92 Å². The highest BCUT2D eigenvalue weighted by Crippen LogP contribution is 2.19. The summed E-state index contributed by atoms with van der Waals surface area (Å²) in [5, 5.41) is 14.0. The maximum Gasteiger partial charge on any atom is 0.290 e. The van der Waals surface area contributed by atoms with E-state index in [1.165, 1.54) is 11.3 Å². The van der Waals surface area contributed by atoms with E-state index in [9.17, 15) is 4.79 Å². The zero-order chi connectivity index (χ0) is 14.8. The lowest BCUT2D eigenvalue weighted by Crippen LogP contribution is -2.38. The molecule has 112 valence electrons. The number of carbonyl (C=O) groups is 1. The topological polar surface area (TPSA) is 83.8 Å². The summed E-state index contributed by atoms with van der Waals surface area (Å²) in [6.07, 6.45) is 5.29. The fourth-order valence-electron chi connectivity index (χ4n) is 2.73. The van der Waals surface area contributed by atoms with Crippen LogP contribution in [0.25, 0.3) is 0 Å². The molecule has 0 aromatic carbocycles. The second kappa shape index (κ2) is 5.71. The Hall–Kier alpha value is -2.11. The monoisotopic (exact) mass is 288 g/mol. The molecule has 0 bridgehead atoms. The van der Waals surface area contributed by atoms with Crippen LogP contribution in [-0.4, -0.2) is 27.3 Å². The second-order valence-electron chi connectivity index (χ2n) is 6.07. The molecule has 21 heavy (non-hydrogen) atoms. The molecule has 2 aromatic heterocycles. The first kappa shape index (κ1) is 13.9. The molecule has 3 rings (SSSR count). The van der Waals surface area contributed by atoms with Gasteiger partial charge in [0.15, 0.2) is 0 Å². The number of amides is 1. The summed E-state index contributed by atoms with van der Waals surface area (Å²) in [6.45, 7) is 4.22. The van der Waals surface area contributed by atoms with E-state index in [1.54, 1.807) is 6.07 Å². The number of aryl methyl sites for hydroxylation is 1. The van der Waals surface area contributed by atoms with Crippen molar-refractivity contribution in [3.8, 4) is 0 Å². The molecule has 0 unspecified atom stereocenters. The van der Waals surface area contributed by atoms with Crippen LogP contribution in [0.4, 0.5) is 0 Å². The highest BCUT2D eigenvalue weighted by Gasteiger charge is 2.23. The molecule has 1 atom stereocenters. The highest BCUT2D eigenvalue weighted by molar-refractivity contribution is 5.91. The summed E-state index contributed by atoms with van der Waals surface area (Å²) in [5.41, 5.74) is 3.19. The van der Waals surface area contributed by atoms with Gasteiger partial charge in [0.25, 0.3) is 5.91 Å². The third-order valence-electron chi connectivity index (χ3n) is 3.75. The molecule has 1 aliphatic rings. The lowest BCUT2D eigenvalue weighted by molar-refractivity contribution is 0.0896. The Labute approximate surface area is 123 Å². The quantitative estimate of drug-likeness (QED) is 0.899. The van der Waals surface area contributed by atoms with Gasteiger partial charge in [-0.3, -0.25) is 9.89 Å². The summed E-state index contributed by atoms with van der Waals surface area (Å²) in [4.78, 5) is 12.2. The molecule has 0 aliphatic heterocycles. The predicted octanol–water partition coefficient (Wildman–Crippen LogP) is 1.88. The van der Waals surface area contributed by atoms with E-state index in [1.807, 2.05) is 6.20 Å². The lowest BCUT2D eigenvalue weighted by atomic mass is 9.93. The van der Waals surface area contributed by atoms with E-state index in [0.29, 0.717) is 11.7 Å². The van der Waals surface area contributed by atoms with Gasteiger partial charge >= 0.3 is 0 Å². The molecule has 2 heterocycles. The molecule has 0 saturated heterocycles. The van der Waals surface area contributed by atoms with Crippen molar-refractivity contribution in [3.63, 3.8) is 0 Å². The number of aromatic amines is 1. The highest BCUT2D eigenvalue weighted by atomic mass is 16.5. The van der Waals surface area contributed by atoms with E-state index in [-0.39, 0.29) is 11.9 Å². The molecule has 6 nitrogen and oxygen atoms in total. The van der Waals surface area contributed by atoms with Gasteiger partial charge in [0.1, 0.15) is 0 Å². The number of hydrogen-bond acceptors (Lipinski definition) is 4. The molecule has 0 spiro atoms. The van der Waals surface area contributed by atoms with Crippen LogP contribution < -0.4 is 5.32 Å². The Balaban J connectivity index is 1.60. The van der Waals surface area contributed by atoms with Crippen LogP contribution in [0.5, 0.6) is 0 Å². The standard InChI is InChI=1S/C15H20N4O2/c1-9(2)5-12-7-14(21-19-12)15(20)17-11-3-4-13-10(6-11)8-16-18-13/h7-9,11H,3-6H2,1-2H3,(H,16,18)(H,17,20)/t11-/m0/s1. The number of fused-ring (bicyclic) bond motifs is 1. The van der Waals surface area contributed by atoms with Crippen molar-refractivity contribution >= 4 is 5.91 Å². The Morgan fingerprint density at radius 1 is 1.57 bits per heavy atom. The largest absolute Gasteiger partial charge is 0.351 e. The van der Waals surface area contributed by atoms with Gasteiger partial charge in [-0.15, -0.1) is 0 Å². The molecular weight excluding hydrogens is 268 g/mol. The Bertz CT molecular complexity index is 629. The average molecular weight is 288 g/mol. The molecule has 0 fully saturated rings. The zero-order valence-corrected chi connectivity index (χ0v) is 12.3. The van der Waals surface area contributed by atoms with Gasteiger partial charge in [0.05, 0.1) is 11.9 Å². The van der Waals surface area contributed by atoms with Crippen molar-refractivity contribution < 1.29 is 9.32 Å². The number of rotatable bonds is 4. The smallest absolute Gasteiger partial charge is 0.290 e. The fourth-order valence-corrected chi connectivity index (χ4v) is 2.73. The summed E-state index contributed by atoms with van der Waals surface area (Å²) in [5.74, 6) is 0.599. The van der Waals surface area contributed by atoms with Gasteiger partial charge in [0.2, 0.25) is 5.76 Å². The Morgan fingerprint density at radius 2 is 2.43 bits per heavy atom. The molecule has 6 heteroatoms. The van der Waals surface area contributed by atoms with Gasteiger partial charge in [-0.1, -0.05) is 19.0 Å². The van der Waals surface area contributed by atoms with E-state index in [4.69, 9.17) is 4.52 Å². The van der Waals surface area contributed by atoms with E-state index >= 15 is 0 Å². The second-order valence-corrected chi connectivity index (χ2v) is 6.07. The maximum atomic E-state index is 12.2. The Morgan fingerprint density at radius 3 is 3.24 bits per heavy atom. The minimum absolute atomic E-state index is 0.126. The van der Waals surface area contributed by atoms with Crippen molar-refractivity contribution in [2.24, 2.45) is 5.92 Å². The normalized spacial score (nSPS) is 17.8. The number of hydrogen-bond donors (Lipinski definition) is 2. The maximum absolute atomic E-state index is 12.2. The van der Waals surface area contributed by atoms with Gasteiger partial charge in [0, 0.05) is 17.8 Å². The summed E-state index contributed by atoms with van der Waals surface area (Å²) in [6, 6.07) is 1.86. The first-order valence-corrected chi connectivity index (χ1v) is 7.39. The average Bonchev–Trinajstić information content (AvgIpc) is 3.06.